The molecule has 3 aromatic rings. The van der Waals surface area contributed by atoms with Crippen molar-refractivity contribution >= 4 is 23.0 Å². The quantitative estimate of drug-likeness (QED) is 0.303. The van der Waals surface area contributed by atoms with Crippen molar-refractivity contribution in [2.24, 2.45) is 5.92 Å². The fourth-order valence-corrected chi connectivity index (χ4v) is 6.43. The fraction of sp³-hybridized carbons (Fsp3) is 0.387. The molecule has 4 N–H and O–H groups in total. The molecule has 38 heavy (non-hydrogen) atoms. The molecular formula is C31H35N5O2. The molecule has 7 heteroatoms. The van der Waals surface area contributed by atoms with Gasteiger partial charge in [0.15, 0.2) is 0 Å². The Bertz CT molecular complexity index is 1290. The molecular weight excluding hydrogens is 474 g/mol. The molecule has 196 valence electrons. The van der Waals surface area contributed by atoms with E-state index in [4.69, 9.17) is 15.9 Å². The summed E-state index contributed by atoms with van der Waals surface area (Å²) in [7, 11) is 0. The predicted molar refractivity (Wildman–Crippen MR) is 150 cm³/mol. The second kappa shape index (κ2) is 10.6. The molecule has 3 fully saturated rings. The Kier molecular flexibility index (Phi) is 6.85. The zero-order chi connectivity index (χ0) is 26.1. The Hall–Kier alpha value is -3.71. The van der Waals surface area contributed by atoms with Crippen LogP contribution >= 0.6 is 0 Å². The van der Waals surface area contributed by atoms with Crippen LogP contribution in [-0.2, 0) is 4.74 Å². The Balaban J connectivity index is 1.21. The molecule has 7 nitrogen and oxygen atoms in total. The van der Waals surface area contributed by atoms with Gasteiger partial charge in [0, 0.05) is 34.3 Å². The smallest absolute Gasteiger partial charge is 0.251 e. The number of hydrogen-bond acceptors (Lipinski definition) is 6. The third-order valence-corrected chi connectivity index (χ3v) is 8.44. The Labute approximate surface area is 223 Å². The Morgan fingerprint density at radius 2 is 1.68 bits per heavy atom. The summed E-state index contributed by atoms with van der Waals surface area (Å²) in [5, 5.41) is 12.2. The number of morpholine rings is 1. The lowest BCUT2D eigenvalue weighted by atomic mass is 9.94. The van der Waals surface area contributed by atoms with Crippen LogP contribution in [0.4, 0.5) is 11.4 Å². The maximum absolute atomic E-state index is 13.4. The van der Waals surface area contributed by atoms with Crippen LogP contribution < -0.4 is 16.0 Å². The second-order valence-corrected chi connectivity index (χ2v) is 10.8. The van der Waals surface area contributed by atoms with Gasteiger partial charge in [-0.3, -0.25) is 15.2 Å². The summed E-state index contributed by atoms with van der Waals surface area (Å²) >= 11 is 0. The molecule has 2 saturated heterocycles. The highest BCUT2D eigenvalue weighted by Gasteiger charge is 2.37. The minimum atomic E-state index is -0.167. The number of rotatable bonds is 7. The number of anilines is 2. The Morgan fingerprint density at radius 1 is 0.974 bits per heavy atom. The lowest BCUT2D eigenvalue weighted by Crippen LogP contribution is -2.45. The van der Waals surface area contributed by atoms with Gasteiger partial charge in [-0.1, -0.05) is 31.0 Å². The molecule has 6 rings (SSSR count). The van der Waals surface area contributed by atoms with Gasteiger partial charge in [-0.15, -0.1) is 0 Å². The summed E-state index contributed by atoms with van der Waals surface area (Å²) in [4.78, 5) is 20.4. The standard InChI is InChI=1S/C31H35N5O2/c32-27-15-10-22(31(37)35-30(21-5-1-2-6-21)28-7-3-4-16-34-28)17-26(27)29(33)20-8-11-23(12-9-20)36-24-13-14-25(36)19-38-18-24/h3-4,7-12,15-17,21,24-25,30,33H,1-2,5-6,13-14,18-19,32H2,(H,35,37)/t24?,25?,30-/m0/s1. The summed E-state index contributed by atoms with van der Waals surface area (Å²) in [6.45, 7) is 1.56. The summed E-state index contributed by atoms with van der Waals surface area (Å²) in [6.07, 6.45) is 8.63. The molecule has 3 atom stereocenters. The molecule has 1 amide bonds. The number of carbonyl (C=O) groups is 1. The highest BCUT2D eigenvalue weighted by atomic mass is 16.5. The lowest BCUT2D eigenvalue weighted by Gasteiger charge is -2.36. The van der Waals surface area contributed by atoms with Gasteiger partial charge >= 0.3 is 0 Å². The molecule has 3 heterocycles. The number of aromatic nitrogens is 1. The van der Waals surface area contributed by atoms with Gasteiger partial charge in [-0.25, -0.2) is 0 Å². The number of ether oxygens (including phenoxy) is 1. The molecule has 2 aliphatic heterocycles. The summed E-state index contributed by atoms with van der Waals surface area (Å²) < 4.78 is 5.72. The zero-order valence-electron chi connectivity index (χ0n) is 21.6. The SMILES string of the molecule is N=C(c1ccc(N2C3CCC2COC3)cc1)c1cc(C(=O)N[C@H](c2ccccn2)C2CCCC2)ccc1N. The van der Waals surface area contributed by atoms with E-state index in [0.717, 1.165) is 50.2 Å². The van der Waals surface area contributed by atoms with Crippen molar-refractivity contribution < 1.29 is 9.53 Å². The molecule has 2 unspecified atom stereocenters. The van der Waals surface area contributed by atoms with Crippen LogP contribution in [0, 0.1) is 11.3 Å². The molecule has 0 spiro atoms. The first kappa shape index (κ1) is 24.6. The number of pyridine rings is 1. The zero-order valence-corrected chi connectivity index (χ0v) is 21.6. The number of hydrogen-bond donors (Lipinski definition) is 3. The third-order valence-electron chi connectivity index (χ3n) is 8.44. The number of nitrogens with zero attached hydrogens (tertiary/aromatic N) is 2. The van der Waals surface area contributed by atoms with E-state index < -0.39 is 0 Å². The normalized spacial score (nSPS) is 21.8. The molecule has 2 aromatic carbocycles. The van der Waals surface area contributed by atoms with Crippen LogP contribution in [0.2, 0.25) is 0 Å². The van der Waals surface area contributed by atoms with E-state index in [1.807, 2.05) is 30.3 Å². The number of amides is 1. The van der Waals surface area contributed by atoms with E-state index in [9.17, 15) is 4.79 Å². The van der Waals surface area contributed by atoms with E-state index in [0.29, 0.717) is 40.5 Å². The van der Waals surface area contributed by atoms with Gasteiger partial charge < -0.3 is 20.7 Å². The number of nitrogen functional groups attached to an aromatic ring is 1. The first-order chi connectivity index (χ1) is 18.6. The van der Waals surface area contributed by atoms with E-state index in [1.165, 1.54) is 18.5 Å². The minimum absolute atomic E-state index is 0.130. The monoisotopic (exact) mass is 509 g/mol. The first-order valence-corrected chi connectivity index (χ1v) is 13.8. The summed E-state index contributed by atoms with van der Waals surface area (Å²) in [5.74, 6) is 0.209. The molecule has 1 aromatic heterocycles. The van der Waals surface area contributed by atoms with Crippen molar-refractivity contribution in [3.05, 3.63) is 89.2 Å². The van der Waals surface area contributed by atoms with Crippen LogP contribution in [0.25, 0.3) is 0 Å². The van der Waals surface area contributed by atoms with Crippen molar-refractivity contribution in [1.82, 2.24) is 10.3 Å². The predicted octanol–water partition coefficient (Wildman–Crippen LogP) is 5.11. The van der Waals surface area contributed by atoms with Gasteiger partial charge in [0.25, 0.3) is 5.91 Å². The van der Waals surface area contributed by atoms with Gasteiger partial charge in [0.2, 0.25) is 0 Å². The largest absolute Gasteiger partial charge is 0.398 e. The summed E-state index contributed by atoms with van der Waals surface area (Å²) in [6, 6.07) is 19.9. The van der Waals surface area contributed by atoms with E-state index >= 15 is 0 Å². The minimum Gasteiger partial charge on any atom is -0.398 e. The second-order valence-electron chi connectivity index (χ2n) is 10.8. The Morgan fingerprint density at radius 3 is 2.37 bits per heavy atom. The first-order valence-electron chi connectivity index (χ1n) is 13.8. The molecule has 1 aliphatic carbocycles. The maximum atomic E-state index is 13.4. The average Bonchev–Trinajstić information content (AvgIpc) is 3.57. The van der Waals surface area contributed by atoms with Crippen molar-refractivity contribution in [3.63, 3.8) is 0 Å². The van der Waals surface area contributed by atoms with E-state index in [1.54, 1.807) is 24.4 Å². The number of benzene rings is 2. The topological polar surface area (TPSA) is 104 Å². The maximum Gasteiger partial charge on any atom is 0.251 e. The highest BCUT2D eigenvalue weighted by Crippen LogP contribution is 2.36. The number of nitrogens with one attached hydrogen (secondary N) is 2. The van der Waals surface area contributed by atoms with E-state index in [-0.39, 0.29) is 11.9 Å². The van der Waals surface area contributed by atoms with Gasteiger partial charge in [0.05, 0.1) is 42.7 Å². The lowest BCUT2D eigenvalue weighted by molar-refractivity contribution is 0.0906. The van der Waals surface area contributed by atoms with Crippen molar-refractivity contribution in [2.45, 2.75) is 56.7 Å². The number of carbonyl (C=O) groups excluding carboxylic acids is 1. The van der Waals surface area contributed by atoms with Crippen molar-refractivity contribution in [2.75, 3.05) is 23.8 Å². The molecule has 0 radical (unpaired) electrons. The van der Waals surface area contributed by atoms with Gasteiger partial charge in [-0.05, 0) is 74.1 Å². The molecule has 2 bridgehead atoms. The average molecular weight is 510 g/mol. The van der Waals surface area contributed by atoms with Crippen LogP contribution in [0.1, 0.15) is 71.7 Å². The fourth-order valence-electron chi connectivity index (χ4n) is 6.43. The van der Waals surface area contributed by atoms with E-state index in [2.05, 4.69) is 27.3 Å². The molecule has 1 saturated carbocycles. The number of fused-ring (bicyclic) bond motifs is 2. The van der Waals surface area contributed by atoms with Gasteiger partial charge in [0.1, 0.15) is 0 Å². The van der Waals surface area contributed by atoms with Crippen LogP contribution in [0.5, 0.6) is 0 Å². The number of nitrogens with two attached hydrogens (primary N) is 1. The molecule has 3 aliphatic rings. The summed E-state index contributed by atoms with van der Waals surface area (Å²) in [5.41, 5.74) is 11.0. The van der Waals surface area contributed by atoms with Crippen molar-refractivity contribution in [1.29, 1.82) is 5.41 Å². The van der Waals surface area contributed by atoms with Crippen LogP contribution in [0.15, 0.2) is 66.9 Å². The van der Waals surface area contributed by atoms with Gasteiger partial charge in [-0.2, -0.15) is 0 Å². The highest BCUT2D eigenvalue weighted by molar-refractivity contribution is 6.15. The van der Waals surface area contributed by atoms with Crippen LogP contribution in [0.3, 0.4) is 0 Å². The third kappa shape index (κ3) is 4.78. The van der Waals surface area contributed by atoms with Crippen LogP contribution in [-0.4, -0.2) is 41.9 Å². The van der Waals surface area contributed by atoms with Crippen molar-refractivity contribution in [3.8, 4) is 0 Å².